The lowest BCUT2D eigenvalue weighted by atomic mass is 10.1. The molecule has 86 valence electrons. The molecule has 3 nitrogen and oxygen atoms in total. The summed E-state index contributed by atoms with van der Waals surface area (Å²) in [4.78, 5) is 10.9. The fourth-order valence-electron chi connectivity index (χ4n) is 1.52. The molecule has 0 bridgehead atoms. The normalized spacial score (nSPS) is 22.8. The number of rotatable bonds is 5. The Bertz CT molecular complexity index is 353. The van der Waals surface area contributed by atoms with Crippen molar-refractivity contribution in [2.45, 2.75) is 12.2 Å². The maximum absolute atomic E-state index is 10.9. The molecule has 2 atom stereocenters. The summed E-state index contributed by atoms with van der Waals surface area (Å²) in [6.07, 6.45) is 0.461. The van der Waals surface area contributed by atoms with Gasteiger partial charge in [0.15, 0.2) is 0 Å². The Hall–Kier alpha value is -1.00. The third-order valence-electron chi connectivity index (χ3n) is 2.44. The monoisotopic (exact) mass is 238 g/mol. The lowest BCUT2D eigenvalue weighted by Gasteiger charge is -1.97. The van der Waals surface area contributed by atoms with Crippen LogP contribution in [0.3, 0.4) is 0 Å². The van der Waals surface area contributed by atoms with Gasteiger partial charge in [-0.2, -0.15) is 0 Å². The Labute approximate surface area is 99.1 Å². The highest BCUT2D eigenvalue weighted by Crippen LogP contribution is 2.40. The van der Waals surface area contributed by atoms with Crippen LogP contribution in [0.25, 0.3) is 0 Å². The molecule has 1 aliphatic heterocycles. The van der Waals surface area contributed by atoms with Crippen molar-refractivity contribution in [1.29, 1.82) is 0 Å². The third-order valence-corrected chi connectivity index (χ3v) is 3.44. The fourth-order valence-corrected chi connectivity index (χ4v) is 2.41. The van der Waals surface area contributed by atoms with Crippen molar-refractivity contribution >= 4 is 17.7 Å². The summed E-state index contributed by atoms with van der Waals surface area (Å²) in [6.45, 7) is 0. The van der Waals surface area contributed by atoms with Crippen LogP contribution in [0, 0.1) is 0 Å². The molecule has 0 aliphatic carbocycles. The third kappa shape index (κ3) is 3.00. The van der Waals surface area contributed by atoms with Crippen molar-refractivity contribution in [2.75, 3.05) is 18.6 Å². The number of esters is 1. The van der Waals surface area contributed by atoms with Crippen molar-refractivity contribution in [3.63, 3.8) is 0 Å². The number of carbonyl (C=O) groups is 1. The van der Waals surface area contributed by atoms with Crippen molar-refractivity contribution < 1.29 is 14.3 Å². The van der Waals surface area contributed by atoms with E-state index >= 15 is 0 Å². The summed E-state index contributed by atoms with van der Waals surface area (Å²) in [5, 5.41) is 0. The summed E-state index contributed by atoms with van der Waals surface area (Å²) < 4.78 is 10.1. The largest absolute Gasteiger partial charge is 0.468 e. The number of hydrogen-bond donors (Lipinski definition) is 0. The zero-order valence-electron chi connectivity index (χ0n) is 9.09. The highest BCUT2D eigenvalue weighted by molar-refractivity contribution is 7.99. The molecule has 1 aliphatic rings. The molecular weight excluding hydrogens is 224 g/mol. The van der Waals surface area contributed by atoms with E-state index < -0.39 is 0 Å². The Morgan fingerprint density at radius 1 is 1.44 bits per heavy atom. The molecule has 0 unspecified atom stereocenters. The summed E-state index contributed by atoms with van der Waals surface area (Å²) in [7, 11) is 1.41. The van der Waals surface area contributed by atoms with Gasteiger partial charge in [0.2, 0.25) is 0 Å². The molecule has 0 amide bonds. The van der Waals surface area contributed by atoms with E-state index in [1.807, 2.05) is 18.2 Å². The minimum atomic E-state index is -0.179. The average molecular weight is 238 g/mol. The van der Waals surface area contributed by atoms with Crippen molar-refractivity contribution in [3.05, 3.63) is 35.9 Å². The standard InChI is InChI=1S/C12H14O3S/c1-14-11(13)8-16-7-10-12(15-10)9-5-3-2-4-6-9/h2-6,10,12H,7-8H2,1H3/t10-,12-/m0/s1. The second kappa shape index (κ2) is 5.37. The molecule has 0 aromatic heterocycles. The van der Waals surface area contributed by atoms with Gasteiger partial charge >= 0.3 is 5.97 Å². The first-order valence-corrected chi connectivity index (χ1v) is 6.31. The zero-order valence-corrected chi connectivity index (χ0v) is 9.91. The highest BCUT2D eigenvalue weighted by atomic mass is 32.2. The summed E-state index contributed by atoms with van der Waals surface area (Å²) in [5.74, 6) is 1.06. The number of thioether (sulfide) groups is 1. The van der Waals surface area contributed by atoms with Gasteiger partial charge in [-0.1, -0.05) is 30.3 Å². The lowest BCUT2D eigenvalue weighted by Crippen LogP contribution is -2.05. The first kappa shape index (κ1) is 11.5. The number of hydrogen-bond acceptors (Lipinski definition) is 4. The van der Waals surface area contributed by atoms with Crippen LogP contribution in [0.15, 0.2) is 30.3 Å². The van der Waals surface area contributed by atoms with E-state index in [-0.39, 0.29) is 18.2 Å². The van der Waals surface area contributed by atoms with Gasteiger partial charge in [-0.15, -0.1) is 11.8 Å². The van der Waals surface area contributed by atoms with E-state index in [0.29, 0.717) is 5.75 Å². The maximum atomic E-state index is 10.9. The van der Waals surface area contributed by atoms with Crippen LogP contribution in [0.1, 0.15) is 11.7 Å². The highest BCUT2D eigenvalue weighted by Gasteiger charge is 2.39. The second-order valence-electron chi connectivity index (χ2n) is 3.60. The van der Waals surface area contributed by atoms with Gasteiger partial charge in [0.05, 0.1) is 19.0 Å². The molecule has 0 saturated carbocycles. The molecule has 0 radical (unpaired) electrons. The Morgan fingerprint density at radius 2 is 2.19 bits per heavy atom. The number of benzene rings is 1. The minimum Gasteiger partial charge on any atom is -0.468 e. The molecule has 0 spiro atoms. The van der Waals surface area contributed by atoms with E-state index in [0.717, 1.165) is 5.75 Å². The molecule has 0 N–H and O–H groups in total. The molecule has 16 heavy (non-hydrogen) atoms. The first-order valence-electron chi connectivity index (χ1n) is 5.16. The quantitative estimate of drug-likeness (QED) is 0.581. The number of carbonyl (C=O) groups excluding carboxylic acids is 1. The van der Waals surface area contributed by atoms with E-state index in [1.54, 1.807) is 11.8 Å². The van der Waals surface area contributed by atoms with Crippen molar-refractivity contribution in [1.82, 2.24) is 0 Å². The SMILES string of the molecule is COC(=O)CSC[C@@H]1O[C@H]1c1ccccc1. The minimum absolute atomic E-state index is 0.179. The molecule has 1 heterocycles. The van der Waals surface area contributed by atoms with Crippen LogP contribution in [-0.2, 0) is 14.3 Å². The molecule has 2 rings (SSSR count). The van der Waals surface area contributed by atoms with Crippen LogP contribution in [0.5, 0.6) is 0 Å². The molecule has 1 saturated heterocycles. The predicted octanol–water partition coefficient (Wildman–Crippen LogP) is 2.03. The molecular formula is C12H14O3S. The van der Waals surface area contributed by atoms with Gasteiger partial charge in [-0.05, 0) is 5.56 Å². The summed E-state index contributed by atoms with van der Waals surface area (Å²) in [5.41, 5.74) is 1.21. The number of methoxy groups -OCH3 is 1. The average Bonchev–Trinajstić information content (AvgIpc) is 3.09. The summed E-state index contributed by atoms with van der Waals surface area (Å²) in [6, 6.07) is 10.1. The van der Waals surface area contributed by atoms with Gasteiger partial charge in [0, 0.05) is 5.75 Å². The van der Waals surface area contributed by atoms with Gasteiger partial charge in [-0.3, -0.25) is 4.79 Å². The van der Waals surface area contributed by atoms with E-state index in [2.05, 4.69) is 16.9 Å². The lowest BCUT2D eigenvalue weighted by molar-refractivity contribution is -0.137. The van der Waals surface area contributed by atoms with Crippen LogP contribution in [-0.4, -0.2) is 30.7 Å². The predicted molar refractivity (Wildman–Crippen MR) is 63.4 cm³/mol. The van der Waals surface area contributed by atoms with Crippen LogP contribution < -0.4 is 0 Å². The van der Waals surface area contributed by atoms with Gasteiger partial charge in [0.25, 0.3) is 0 Å². The molecule has 1 aromatic rings. The molecule has 1 aromatic carbocycles. The number of ether oxygens (including phenoxy) is 2. The van der Waals surface area contributed by atoms with Crippen molar-refractivity contribution in [2.24, 2.45) is 0 Å². The maximum Gasteiger partial charge on any atom is 0.315 e. The van der Waals surface area contributed by atoms with E-state index in [4.69, 9.17) is 4.74 Å². The van der Waals surface area contributed by atoms with Crippen LogP contribution in [0.4, 0.5) is 0 Å². The second-order valence-corrected chi connectivity index (χ2v) is 4.63. The van der Waals surface area contributed by atoms with E-state index in [1.165, 1.54) is 12.7 Å². The van der Waals surface area contributed by atoms with Gasteiger partial charge < -0.3 is 9.47 Å². The van der Waals surface area contributed by atoms with Crippen LogP contribution >= 0.6 is 11.8 Å². The number of epoxide rings is 1. The van der Waals surface area contributed by atoms with Crippen LogP contribution in [0.2, 0.25) is 0 Å². The fraction of sp³-hybridized carbons (Fsp3) is 0.417. The van der Waals surface area contributed by atoms with Gasteiger partial charge in [-0.25, -0.2) is 0 Å². The Kier molecular flexibility index (Phi) is 3.85. The smallest absolute Gasteiger partial charge is 0.315 e. The Balaban J connectivity index is 1.70. The Morgan fingerprint density at radius 3 is 2.88 bits per heavy atom. The first-order chi connectivity index (χ1) is 7.81. The topological polar surface area (TPSA) is 38.8 Å². The summed E-state index contributed by atoms with van der Waals surface area (Å²) >= 11 is 1.56. The molecule has 1 fully saturated rings. The van der Waals surface area contributed by atoms with Gasteiger partial charge in [0.1, 0.15) is 6.10 Å². The zero-order chi connectivity index (χ0) is 11.4. The van der Waals surface area contributed by atoms with E-state index in [9.17, 15) is 4.79 Å². The molecule has 4 heteroatoms. The van der Waals surface area contributed by atoms with Crippen molar-refractivity contribution in [3.8, 4) is 0 Å².